The summed E-state index contributed by atoms with van der Waals surface area (Å²) >= 11 is 0. The van der Waals surface area contributed by atoms with Gasteiger partial charge in [0.15, 0.2) is 0 Å². The zero-order valence-corrected chi connectivity index (χ0v) is 16.1. The Bertz CT molecular complexity index is 688. The first-order chi connectivity index (χ1) is 11.5. The molecule has 2 fully saturated rings. The van der Waals surface area contributed by atoms with Crippen molar-refractivity contribution in [2.45, 2.75) is 37.1 Å². The molecule has 3 rings (SSSR count). The van der Waals surface area contributed by atoms with E-state index in [1.165, 1.54) is 0 Å². The molecule has 0 aliphatic carbocycles. The molecule has 1 amide bonds. The average Bonchev–Trinajstić information content (AvgIpc) is 2.62. The van der Waals surface area contributed by atoms with Crippen LogP contribution < -0.4 is 5.32 Å². The smallest absolute Gasteiger partial charge is 0.254 e. The molecule has 1 aromatic carbocycles. The summed E-state index contributed by atoms with van der Waals surface area (Å²) < 4.78 is 26.8. The van der Waals surface area contributed by atoms with E-state index in [-0.39, 0.29) is 29.3 Å². The van der Waals surface area contributed by atoms with Crippen LogP contribution in [0.15, 0.2) is 29.2 Å². The van der Waals surface area contributed by atoms with E-state index in [0.29, 0.717) is 25.2 Å². The maximum atomic E-state index is 12.6. The molecular formula is C17H26ClN3O3S. The number of carbonyl (C=O) groups is 1. The van der Waals surface area contributed by atoms with Gasteiger partial charge in [-0.3, -0.25) is 4.79 Å². The maximum Gasteiger partial charge on any atom is 0.254 e. The van der Waals surface area contributed by atoms with Crippen LogP contribution in [0.3, 0.4) is 0 Å². The van der Waals surface area contributed by atoms with E-state index in [1.807, 2.05) is 11.8 Å². The molecule has 2 aliphatic heterocycles. The fraction of sp³-hybridized carbons (Fsp3) is 0.588. The maximum absolute atomic E-state index is 12.6. The zero-order valence-electron chi connectivity index (χ0n) is 14.5. The van der Waals surface area contributed by atoms with Gasteiger partial charge in [0.2, 0.25) is 10.0 Å². The van der Waals surface area contributed by atoms with Crippen molar-refractivity contribution in [3.8, 4) is 0 Å². The number of sulfonamides is 1. The molecule has 0 aromatic heterocycles. The third-order valence-corrected chi connectivity index (χ3v) is 6.73. The lowest BCUT2D eigenvalue weighted by atomic mass is 10.1. The number of hydrogen-bond acceptors (Lipinski definition) is 4. The normalized spacial score (nSPS) is 22.3. The van der Waals surface area contributed by atoms with Crippen molar-refractivity contribution in [1.82, 2.24) is 14.5 Å². The van der Waals surface area contributed by atoms with Crippen LogP contribution in [0.1, 0.15) is 36.5 Å². The Hall–Kier alpha value is -1.15. The average molecular weight is 388 g/mol. The minimum absolute atomic E-state index is 0. The van der Waals surface area contributed by atoms with Gasteiger partial charge in [-0.25, -0.2) is 8.42 Å². The number of nitrogens with one attached hydrogen (secondary N) is 1. The molecule has 0 bridgehead atoms. The molecule has 2 aliphatic rings. The van der Waals surface area contributed by atoms with Gasteiger partial charge in [0.1, 0.15) is 0 Å². The Morgan fingerprint density at radius 1 is 1.08 bits per heavy atom. The second-order valence-electron chi connectivity index (χ2n) is 6.54. The summed E-state index contributed by atoms with van der Waals surface area (Å²) in [4.78, 5) is 14.7. The van der Waals surface area contributed by atoms with Crippen LogP contribution in [0.4, 0.5) is 0 Å². The van der Waals surface area contributed by atoms with Crippen molar-refractivity contribution in [3.63, 3.8) is 0 Å². The first-order valence-corrected chi connectivity index (χ1v) is 10.1. The van der Waals surface area contributed by atoms with E-state index in [9.17, 15) is 13.2 Å². The lowest BCUT2D eigenvalue weighted by Gasteiger charge is -2.34. The number of hydrogen-bond donors (Lipinski definition) is 1. The molecule has 0 radical (unpaired) electrons. The number of amides is 1. The molecule has 25 heavy (non-hydrogen) atoms. The molecule has 1 aromatic rings. The van der Waals surface area contributed by atoms with Gasteiger partial charge in [-0.05, 0) is 44.0 Å². The second-order valence-corrected chi connectivity index (χ2v) is 8.48. The van der Waals surface area contributed by atoms with Crippen molar-refractivity contribution < 1.29 is 13.2 Å². The fourth-order valence-corrected chi connectivity index (χ4v) is 4.85. The Morgan fingerprint density at radius 2 is 1.72 bits per heavy atom. The highest BCUT2D eigenvalue weighted by Gasteiger charge is 2.27. The third-order valence-electron chi connectivity index (χ3n) is 4.82. The Balaban J connectivity index is 0.00000225. The van der Waals surface area contributed by atoms with Crippen molar-refractivity contribution in [1.29, 1.82) is 0 Å². The zero-order chi connectivity index (χ0) is 17.2. The number of piperazine rings is 1. The van der Waals surface area contributed by atoms with Crippen LogP contribution in [-0.4, -0.2) is 62.3 Å². The Morgan fingerprint density at radius 3 is 2.32 bits per heavy atom. The lowest BCUT2D eigenvalue weighted by Crippen LogP contribution is -2.52. The summed E-state index contributed by atoms with van der Waals surface area (Å²) in [5.74, 6) is -0.0362. The van der Waals surface area contributed by atoms with E-state index in [0.717, 1.165) is 32.4 Å². The largest absolute Gasteiger partial charge is 0.333 e. The first-order valence-electron chi connectivity index (χ1n) is 8.62. The molecule has 0 unspecified atom stereocenters. The number of rotatable bonds is 3. The Labute approximate surface area is 156 Å². The summed E-state index contributed by atoms with van der Waals surface area (Å²) in [6, 6.07) is 6.53. The summed E-state index contributed by atoms with van der Waals surface area (Å²) in [6.07, 6.45) is 2.91. The van der Waals surface area contributed by atoms with Gasteiger partial charge >= 0.3 is 0 Å². The highest BCUT2D eigenvalue weighted by molar-refractivity contribution is 7.89. The lowest BCUT2D eigenvalue weighted by molar-refractivity contribution is 0.0655. The first kappa shape index (κ1) is 20.2. The molecule has 140 valence electrons. The number of piperidine rings is 1. The molecular weight excluding hydrogens is 362 g/mol. The second kappa shape index (κ2) is 8.49. The summed E-state index contributed by atoms with van der Waals surface area (Å²) in [7, 11) is -3.44. The fourth-order valence-electron chi connectivity index (χ4n) is 3.33. The summed E-state index contributed by atoms with van der Waals surface area (Å²) in [6.45, 7) is 5.43. The van der Waals surface area contributed by atoms with Gasteiger partial charge in [-0.15, -0.1) is 12.4 Å². The topological polar surface area (TPSA) is 69.7 Å². The predicted molar refractivity (Wildman–Crippen MR) is 99.7 cm³/mol. The van der Waals surface area contributed by atoms with Gasteiger partial charge < -0.3 is 10.2 Å². The SMILES string of the molecule is C[C@H]1CNCCN1C(=O)c1ccc(S(=O)(=O)N2CCCCC2)cc1.Cl. The third kappa shape index (κ3) is 4.34. The molecule has 1 atom stereocenters. The van der Waals surface area contributed by atoms with Crippen LogP contribution in [0.2, 0.25) is 0 Å². The number of carbonyl (C=O) groups excluding carboxylic acids is 1. The molecule has 2 saturated heterocycles. The highest BCUT2D eigenvalue weighted by atomic mass is 35.5. The van der Waals surface area contributed by atoms with Crippen molar-refractivity contribution >= 4 is 28.3 Å². The van der Waals surface area contributed by atoms with Crippen LogP contribution in [0.5, 0.6) is 0 Å². The van der Waals surface area contributed by atoms with Gasteiger partial charge in [0, 0.05) is 44.3 Å². The van der Waals surface area contributed by atoms with E-state index in [2.05, 4.69) is 5.32 Å². The standard InChI is InChI=1S/C17H25N3O3S.ClH/c1-14-13-18-9-12-20(14)17(21)15-5-7-16(8-6-15)24(22,23)19-10-3-2-4-11-19;/h5-8,14,18H,2-4,9-13H2,1H3;1H/t14-;/m0./s1. The number of halogens is 1. The molecule has 8 heteroatoms. The van der Waals surface area contributed by atoms with Crippen LogP contribution in [0, 0.1) is 0 Å². The van der Waals surface area contributed by atoms with Gasteiger partial charge in [-0.1, -0.05) is 6.42 Å². The van der Waals surface area contributed by atoms with Crippen molar-refractivity contribution in [2.75, 3.05) is 32.7 Å². The number of nitrogens with zero attached hydrogens (tertiary/aromatic N) is 2. The van der Waals surface area contributed by atoms with Crippen molar-refractivity contribution in [2.24, 2.45) is 0 Å². The van der Waals surface area contributed by atoms with Gasteiger partial charge in [0.25, 0.3) is 5.91 Å². The van der Waals surface area contributed by atoms with E-state index in [1.54, 1.807) is 28.6 Å². The molecule has 0 spiro atoms. The van der Waals surface area contributed by atoms with E-state index < -0.39 is 10.0 Å². The molecule has 2 heterocycles. The van der Waals surface area contributed by atoms with Crippen molar-refractivity contribution in [3.05, 3.63) is 29.8 Å². The van der Waals surface area contributed by atoms with Gasteiger partial charge in [-0.2, -0.15) is 4.31 Å². The summed E-state index contributed by atoms with van der Waals surface area (Å²) in [5.41, 5.74) is 0.543. The van der Waals surface area contributed by atoms with E-state index >= 15 is 0 Å². The molecule has 0 saturated carbocycles. The predicted octanol–water partition coefficient (Wildman–Crippen LogP) is 1.72. The van der Waals surface area contributed by atoms with E-state index in [4.69, 9.17) is 0 Å². The van der Waals surface area contributed by atoms with Gasteiger partial charge in [0.05, 0.1) is 4.90 Å². The highest BCUT2D eigenvalue weighted by Crippen LogP contribution is 2.21. The van der Waals surface area contributed by atoms with Crippen LogP contribution in [0.25, 0.3) is 0 Å². The molecule has 6 nitrogen and oxygen atoms in total. The summed E-state index contributed by atoms with van der Waals surface area (Å²) in [5, 5.41) is 3.26. The Kier molecular flexibility index (Phi) is 6.85. The minimum atomic E-state index is -3.44. The quantitative estimate of drug-likeness (QED) is 0.857. The molecule has 1 N–H and O–H groups in total. The van der Waals surface area contributed by atoms with Crippen LogP contribution >= 0.6 is 12.4 Å². The minimum Gasteiger partial charge on any atom is -0.333 e. The monoisotopic (exact) mass is 387 g/mol. The number of benzene rings is 1. The van der Waals surface area contributed by atoms with Crippen LogP contribution in [-0.2, 0) is 10.0 Å².